The molecule has 0 radical (unpaired) electrons. The first kappa shape index (κ1) is 17.9. The fourth-order valence-electron chi connectivity index (χ4n) is 2.85. The van der Waals surface area contributed by atoms with Crippen LogP contribution >= 0.6 is 0 Å². The zero-order valence-corrected chi connectivity index (χ0v) is 14.4. The van der Waals surface area contributed by atoms with Gasteiger partial charge in [-0.1, -0.05) is 24.3 Å². The first-order valence-corrected chi connectivity index (χ1v) is 8.19. The van der Waals surface area contributed by atoms with E-state index in [-0.39, 0.29) is 19.1 Å². The number of hydrogen-bond acceptors (Lipinski definition) is 6. The van der Waals surface area contributed by atoms with Crippen LogP contribution in [0.3, 0.4) is 0 Å². The van der Waals surface area contributed by atoms with E-state index in [0.29, 0.717) is 30.2 Å². The molecular weight excluding hydrogens is 336 g/mol. The first-order chi connectivity index (χ1) is 12.5. The Labute approximate surface area is 151 Å². The van der Waals surface area contributed by atoms with E-state index in [1.807, 2.05) is 41.3 Å². The van der Waals surface area contributed by atoms with Crippen LogP contribution in [0.25, 0.3) is 0 Å². The quantitative estimate of drug-likeness (QED) is 0.449. The lowest BCUT2D eigenvalue weighted by atomic mass is 10.1. The van der Waals surface area contributed by atoms with E-state index in [2.05, 4.69) is 0 Å². The number of nitrogens with one attached hydrogen (secondary N) is 1. The highest BCUT2D eigenvalue weighted by atomic mass is 16.7. The van der Waals surface area contributed by atoms with Crippen molar-refractivity contribution in [3.63, 3.8) is 0 Å². The minimum Gasteiger partial charge on any atom is -0.454 e. The molecule has 1 amide bonds. The number of fused-ring (bicyclic) bond motifs is 1. The molecule has 2 N–H and O–H groups in total. The molecule has 0 fully saturated rings. The van der Waals surface area contributed by atoms with E-state index < -0.39 is 5.91 Å². The molecule has 0 atom stereocenters. The second-order valence-electron chi connectivity index (χ2n) is 6.12. The molecule has 1 heterocycles. The van der Waals surface area contributed by atoms with Gasteiger partial charge in [0.05, 0.1) is 6.54 Å². The third kappa shape index (κ3) is 4.38. The van der Waals surface area contributed by atoms with Crippen molar-refractivity contribution in [1.29, 1.82) is 0 Å². The van der Waals surface area contributed by atoms with Crippen molar-refractivity contribution in [3.8, 4) is 11.5 Å². The summed E-state index contributed by atoms with van der Waals surface area (Å²) in [7, 11) is 0. The number of benzene rings is 2. The largest absolute Gasteiger partial charge is 0.454 e. The summed E-state index contributed by atoms with van der Waals surface area (Å²) in [6, 6.07) is 12.9. The molecular formula is C19H20N2O5. The zero-order chi connectivity index (χ0) is 18.5. The second kappa shape index (κ2) is 7.99. The number of Topliss-reactive ketones (excluding diaryl/α,β-unsaturated/α-hetero) is 1. The van der Waals surface area contributed by atoms with Gasteiger partial charge >= 0.3 is 0 Å². The summed E-state index contributed by atoms with van der Waals surface area (Å²) in [5.74, 6) is 0.853. The van der Waals surface area contributed by atoms with Crippen LogP contribution in [0.4, 0.5) is 0 Å². The van der Waals surface area contributed by atoms with Crippen molar-refractivity contribution in [2.45, 2.75) is 20.0 Å². The van der Waals surface area contributed by atoms with E-state index in [4.69, 9.17) is 14.7 Å². The molecule has 0 aliphatic carbocycles. The van der Waals surface area contributed by atoms with Crippen LogP contribution in [-0.2, 0) is 17.9 Å². The third-order valence-corrected chi connectivity index (χ3v) is 4.07. The maximum atomic E-state index is 11.7. The number of nitrogens with zero attached hydrogens (tertiary/aromatic N) is 1. The molecule has 26 heavy (non-hydrogen) atoms. The standard InChI is InChI=1S/C19H20N2O5/c1-13(22)16-4-2-3-14(7-16)9-21(11-19(23)20-24)10-15-5-6-17-18(8-15)26-12-25-17/h2-8,24H,9-12H2,1H3,(H,20,23). The Kier molecular flexibility index (Phi) is 5.50. The molecule has 0 spiro atoms. The molecule has 0 bridgehead atoms. The van der Waals surface area contributed by atoms with Gasteiger partial charge in [-0.25, -0.2) is 5.48 Å². The normalized spacial score (nSPS) is 12.3. The molecule has 7 nitrogen and oxygen atoms in total. The number of ketones is 1. The summed E-state index contributed by atoms with van der Waals surface area (Å²) >= 11 is 0. The van der Waals surface area contributed by atoms with Gasteiger partial charge in [-0.15, -0.1) is 0 Å². The highest BCUT2D eigenvalue weighted by molar-refractivity contribution is 5.94. The Morgan fingerprint density at radius 2 is 1.81 bits per heavy atom. The Morgan fingerprint density at radius 3 is 2.54 bits per heavy atom. The van der Waals surface area contributed by atoms with Crippen molar-refractivity contribution in [2.75, 3.05) is 13.3 Å². The van der Waals surface area contributed by atoms with E-state index >= 15 is 0 Å². The van der Waals surface area contributed by atoms with Crippen molar-refractivity contribution in [1.82, 2.24) is 10.4 Å². The predicted octanol–water partition coefficient (Wildman–Crippen LogP) is 2.13. The lowest BCUT2D eigenvalue weighted by Crippen LogP contribution is -2.35. The van der Waals surface area contributed by atoms with Crippen LogP contribution in [0.2, 0.25) is 0 Å². The minimum atomic E-state index is -0.506. The lowest BCUT2D eigenvalue weighted by molar-refractivity contribution is -0.130. The fourth-order valence-corrected chi connectivity index (χ4v) is 2.85. The van der Waals surface area contributed by atoms with Crippen LogP contribution < -0.4 is 15.0 Å². The first-order valence-electron chi connectivity index (χ1n) is 8.19. The zero-order valence-electron chi connectivity index (χ0n) is 14.4. The van der Waals surface area contributed by atoms with Crippen LogP contribution in [-0.4, -0.2) is 35.1 Å². The number of carbonyl (C=O) groups excluding carboxylic acids is 2. The number of hydrogen-bond donors (Lipinski definition) is 2. The van der Waals surface area contributed by atoms with Gasteiger partial charge in [0.15, 0.2) is 17.3 Å². The minimum absolute atomic E-state index is 0.00917. The van der Waals surface area contributed by atoms with Gasteiger partial charge in [0, 0.05) is 18.7 Å². The number of ether oxygens (including phenoxy) is 2. The van der Waals surface area contributed by atoms with Gasteiger partial charge < -0.3 is 9.47 Å². The molecule has 3 rings (SSSR count). The molecule has 7 heteroatoms. The van der Waals surface area contributed by atoms with Crippen molar-refractivity contribution < 1.29 is 24.3 Å². The highest BCUT2D eigenvalue weighted by Gasteiger charge is 2.16. The van der Waals surface area contributed by atoms with Gasteiger partial charge in [-0.2, -0.15) is 0 Å². The smallest absolute Gasteiger partial charge is 0.257 e. The maximum absolute atomic E-state index is 11.7. The molecule has 0 unspecified atom stereocenters. The van der Waals surface area contributed by atoms with Crippen LogP contribution in [0.15, 0.2) is 42.5 Å². The molecule has 0 saturated carbocycles. The maximum Gasteiger partial charge on any atom is 0.257 e. The summed E-state index contributed by atoms with van der Waals surface area (Å²) < 4.78 is 10.7. The van der Waals surface area contributed by atoms with E-state index in [1.54, 1.807) is 11.5 Å². The summed E-state index contributed by atoms with van der Waals surface area (Å²) in [5, 5.41) is 8.85. The Morgan fingerprint density at radius 1 is 1.08 bits per heavy atom. The fraction of sp³-hybridized carbons (Fsp3) is 0.263. The van der Waals surface area contributed by atoms with Crippen LogP contribution in [0.1, 0.15) is 28.4 Å². The Hall–Kier alpha value is -2.90. The molecule has 1 aliphatic heterocycles. The average Bonchev–Trinajstić information content (AvgIpc) is 3.09. The third-order valence-electron chi connectivity index (χ3n) is 4.07. The molecule has 136 valence electrons. The summed E-state index contributed by atoms with van der Waals surface area (Å²) in [6.45, 7) is 2.64. The summed E-state index contributed by atoms with van der Waals surface area (Å²) in [5.41, 5.74) is 4.13. The molecule has 0 saturated heterocycles. The number of rotatable bonds is 7. The van der Waals surface area contributed by atoms with Gasteiger partial charge in [-0.05, 0) is 36.2 Å². The van der Waals surface area contributed by atoms with E-state index in [0.717, 1.165) is 11.1 Å². The van der Waals surface area contributed by atoms with E-state index in [9.17, 15) is 9.59 Å². The topological polar surface area (TPSA) is 88.1 Å². The molecule has 2 aromatic rings. The second-order valence-corrected chi connectivity index (χ2v) is 6.12. The van der Waals surface area contributed by atoms with Crippen molar-refractivity contribution >= 4 is 11.7 Å². The number of carbonyl (C=O) groups is 2. The SMILES string of the molecule is CC(=O)c1cccc(CN(CC(=O)NO)Cc2ccc3c(c2)OCO3)c1. The molecule has 0 aromatic heterocycles. The van der Waals surface area contributed by atoms with Gasteiger partial charge in [-0.3, -0.25) is 19.7 Å². The van der Waals surface area contributed by atoms with E-state index in [1.165, 1.54) is 6.92 Å². The average molecular weight is 356 g/mol. The van der Waals surface area contributed by atoms with Crippen LogP contribution in [0, 0.1) is 0 Å². The van der Waals surface area contributed by atoms with Gasteiger partial charge in [0.1, 0.15) is 0 Å². The summed E-state index contributed by atoms with van der Waals surface area (Å²) in [4.78, 5) is 25.1. The van der Waals surface area contributed by atoms with Gasteiger partial charge in [0.25, 0.3) is 5.91 Å². The van der Waals surface area contributed by atoms with Crippen molar-refractivity contribution in [2.24, 2.45) is 0 Å². The molecule has 2 aromatic carbocycles. The predicted molar refractivity (Wildman–Crippen MR) is 93.1 cm³/mol. The monoisotopic (exact) mass is 356 g/mol. The Bertz CT molecular complexity index is 821. The Balaban J connectivity index is 1.77. The number of amides is 1. The molecule has 1 aliphatic rings. The highest BCUT2D eigenvalue weighted by Crippen LogP contribution is 2.32. The lowest BCUT2D eigenvalue weighted by Gasteiger charge is -2.22. The summed E-state index contributed by atoms with van der Waals surface area (Å²) in [6.07, 6.45) is 0. The van der Waals surface area contributed by atoms with Crippen molar-refractivity contribution in [3.05, 3.63) is 59.2 Å². The van der Waals surface area contributed by atoms with Crippen LogP contribution in [0.5, 0.6) is 11.5 Å². The van der Waals surface area contributed by atoms with Gasteiger partial charge in [0.2, 0.25) is 6.79 Å². The number of hydroxylamine groups is 1.